The van der Waals surface area contributed by atoms with E-state index in [1.54, 1.807) is 6.07 Å². The van der Waals surface area contributed by atoms with E-state index < -0.39 is 0 Å². The third-order valence-corrected chi connectivity index (χ3v) is 3.71. The molecule has 0 bridgehead atoms. The molecule has 0 radical (unpaired) electrons. The van der Waals surface area contributed by atoms with Crippen molar-refractivity contribution >= 4 is 30.7 Å². The number of hydrogen-bond acceptors (Lipinski definition) is 4. The number of furan rings is 1. The summed E-state index contributed by atoms with van der Waals surface area (Å²) in [5.74, 6) is 0.445. The number of halogens is 2. The maximum Gasteiger partial charge on any atom is 0.254 e. The molecule has 0 spiro atoms. The van der Waals surface area contributed by atoms with Gasteiger partial charge in [-0.15, -0.1) is 24.8 Å². The van der Waals surface area contributed by atoms with E-state index in [0.29, 0.717) is 17.9 Å². The van der Waals surface area contributed by atoms with Gasteiger partial charge in [0.15, 0.2) is 0 Å². The van der Waals surface area contributed by atoms with Gasteiger partial charge in [-0.3, -0.25) is 4.79 Å². The molecule has 2 rings (SSSR count). The summed E-state index contributed by atoms with van der Waals surface area (Å²) in [5.41, 5.74) is 6.95. The minimum Gasteiger partial charge on any atom is -0.467 e. The molecule has 5 nitrogen and oxygen atoms in total. The first-order valence-electron chi connectivity index (χ1n) is 7.79. The molecule has 25 heavy (non-hydrogen) atoms. The summed E-state index contributed by atoms with van der Waals surface area (Å²) in [5, 5.41) is 6.47. The van der Waals surface area contributed by atoms with Crippen LogP contribution in [0.15, 0.2) is 47.1 Å². The van der Waals surface area contributed by atoms with E-state index in [0.717, 1.165) is 0 Å². The van der Waals surface area contributed by atoms with Crippen molar-refractivity contribution in [1.29, 1.82) is 0 Å². The van der Waals surface area contributed by atoms with Crippen LogP contribution in [0.4, 0.5) is 0 Å². The molecule has 2 aromatic rings. The number of carbonyl (C=O) groups is 1. The molecule has 7 heteroatoms. The van der Waals surface area contributed by atoms with Crippen LogP contribution in [0.25, 0.3) is 0 Å². The van der Waals surface area contributed by atoms with Crippen molar-refractivity contribution in [3.63, 3.8) is 0 Å². The Hall–Kier alpha value is -1.53. The third-order valence-electron chi connectivity index (χ3n) is 3.71. The highest BCUT2D eigenvalue weighted by molar-refractivity contribution is 5.94. The summed E-state index contributed by atoms with van der Waals surface area (Å²) >= 11 is 0. The molecule has 0 aliphatic carbocycles. The Morgan fingerprint density at radius 2 is 1.88 bits per heavy atom. The molecule has 0 aliphatic heterocycles. The molecular formula is C18H27Cl2N3O2. The zero-order valence-electron chi connectivity index (χ0n) is 14.7. The van der Waals surface area contributed by atoms with Crippen LogP contribution in [-0.2, 0) is 6.54 Å². The first-order chi connectivity index (χ1) is 10.9. The van der Waals surface area contributed by atoms with E-state index in [2.05, 4.69) is 43.5 Å². The van der Waals surface area contributed by atoms with E-state index in [9.17, 15) is 4.79 Å². The molecule has 140 valence electrons. The summed E-state index contributed by atoms with van der Waals surface area (Å²) in [6, 6.07) is 12.1. The van der Waals surface area contributed by atoms with Crippen LogP contribution in [0, 0.1) is 0 Å². The van der Waals surface area contributed by atoms with Gasteiger partial charge in [0.25, 0.3) is 5.91 Å². The number of carbonyl (C=O) groups excluding carboxylic acids is 1. The lowest BCUT2D eigenvalue weighted by molar-refractivity contribution is 0.0940. The molecule has 0 aliphatic rings. The van der Waals surface area contributed by atoms with Crippen molar-refractivity contribution in [1.82, 2.24) is 10.6 Å². The molecule has 1 amide bonds. The first kappa shape index (κ1) is 23.5. The molecule has 1 unspecified atom stereocenters. The topological polar surface area (TPSA) is 80.3 Å². The van der Waals surface area contributed by atoms with Crippen LogP contribution in [0.2, 0.25) is 0 Å². The van der Waals surface area contributed by atoms with Crippen molar-refractivity contribution in [2.45, 2.75) is 38.9 Å². The lowest BCUT2D eigenvalue weighted by atomic mass is 10.0. The minimum absolute atomic E-state index is 0. The van der Waals surface area contributed by atoms with Gasteiger partial charge < -0.3 is 20.8 Å². The van der Waals surface area contributed by atoms with Gasteiger partial charge in [0.05, 0.1) is 12.1 Å². The van der Waals surface area contributed by atoms with Crippen molar-refractivity contribution in [2.75, 3.05) is 6.54 Å². The van der Waals surface area contributed by atoms with Gasteiger partial charge in [-0.1, -0.05) is 30.3 Å². The van der Waals surface area contributed by atoms with Gasteiger partial charge in [0.1, 0.15) is 12.0 Å². The summed E-state index contributed by atoms with van der Waals surface area (Å²) in [6.45, 7) is 7.03. The van der Waals surface area contributed by atoms with E-state index in [1.165, 1.54) is 11.8 Å². The maximum atomic E-state index is 12.1. The Labute approximate surface area is 161 Å². The Morgan fingerprint density at radius 3 is 2.44 bits per heavy atom. The lowest BCUT2D eigenvalue weighted by Gasteiger charge is -2.30. The number of rotatable bonds is 7. The van der Waals surface area contributed by atoms with Gasteiger partial charge in [0, 0.05) is 18.1 Å². The van der Waals surface area contributed by atoms with E-state index in [4.69, 9.17) is 10.2 Å². The van der Waals surface area contributed by atoms with Gasteiger partial charge in [-0.2, -0.15) is 0 Å². The second-order valence-corrected chi connectivity index (χ2v) is 6.35. The fraction of sp³-hybridized carbons (Fsp3) is 0.389. The number of benzene rings is 1. The summed E-state index contributed by atoms with van der Waals surface area (Å²) in [7, 11) is 0. The molecule has 1 aromatic heterocycles. The fourth-order valence-corrected chi connectivity index (χ4v) is 2.47. The predicted octanol–water partition coefficient (Wildman–Crippen LogP) is 3.44. The average molecular weight is 388 g/mol. The van der Waals surface area contributed by atoms with Crippen LogP contribution >= 0.6 is 24.8 Å². The van der Waals surface area contributed by atoms with E-state index in [1.807, 2.05) is 18.2 Å². The van der Waals surface area contributed by atoms with Crippen molar-refractivity contribution in [3.8, 4) is 0 Å². The van der Waals surface area contributed by atoms with Crippen LogP contribution in [-0.4, -0.2) is 18.0 Å². The van der Waals surface area contributed by atoms with E-state index >= 15 is 0 Å². The van der Waals surface area contributed by atoms with Crippen LogP contribution in [0.1, 0.15) is 48.5 Å². The highest BCUT2D eigenvalue weighted by Gasteiger charge is 2.22. The molecule has 0 fully saturated rings. The molecule has 0 saturated heterocycles. The van der Waals surface area contributed by atoms with Gasteiger partial charge in [-0.25, -0.2) is 0 Å². The van der Waals surface area contributed by atoms with Gasteiger partial charge in [0.2, 0.25) is 0 Å². The highest BCUT2D eigenvalue weighted by Crippen LogP contribution is 2.16. The third kappa shape index (κ3) is 7.08. The molecule has 1 heterocycles. The van der Waals surface area contributed by atoms with Gasteiger partial charge in [-0.05, 0) is 32.4 Å². The zero-order chi connectivity index (χ0) is 16.9. The largest absolute Gasteiger partial charge is 0.467 e. The molecule has 1 aromatic carbocycles. The number of nitrogens with one attached hydrogen (secondary N) is 2. The highest BCUT2D eigenvalue weighted by atomic mass is 35.5. The van der Waals surface area contributed by atoms with Crippen LogP contribution < -0.4 is 16.4 Å². The Kier molecular flexibility index (Phi) is 9.82. The van der Waals surface area contributed by atoms with Crippen molar-refractivity contribution in [2.24, 2.45) is 5.73 Å². The second kappa shape index (κ2) is 10.5. The Balaban J connectivity index is 0.00000288. The monoisotopic (exact) mass is 387 g/mol. The number of amides is 1. The van der Waals surface area contributed by atoms with E-state index in [-0.39, 0.29) is 48.8 Å². The van der Waals surface area contributed by atoms with Crippen molar-refractivity contribution < 1.29 is 9.21 Å². The molecule has 0 saturated carbocycles. The predicted molar refractivity (Wildman–Crippen MR) is 106 cm³/mol. The normalized spacial score (nSPS) is 11.8. The smallest absolute Gasteiger partial charge is 0.254 e. The van der Waals surface area contributed by atoms with Gasteiger partial charge >= 0.3 is 0 Å². The Morgan fingerprint density at radius 1 is 1.24 bits per heavy atom. The summed E-state index contributed by atoms with van der Waals surface area (Å²) in [4.78, 5) is 12.1. The fourth-order valence-electron chi connectivity index (χ4n) is 2.47. The summed E-state index contributed by atoms with van der Waals surface area (Å²) < 4.78 is 5.19. The molecule has 1 atom stereocenters. The van der Waals surface area contributed by atoms with Crippen molar-refractivity contribution in [3.05, 3.63) is 59.5 Å². The average Bonchev–Trinajstić information content (AvgIpc) is 3.02. The second-order valence-electron chi connectivity index (χ2n) is 6.35. The minimum atomic E-state index is -0.245. The maximum absolute atomic E-state index is 12.1. The Bertz CT molecular complexity index is 645. The summed E-state index contributed by atoms with van der Waals surface area (Å²) in [6.07, 6.45) is 1.44. The SMILES string of the molecule is CC(NC(C)(C)CNC(=O)c1coc(CN)c1)c1ccccc1.Cl.Cl. The van der Waals surface area contributed by atoms with Crippen LogP contribution in [0.5, 0.6) is 0 Å². The standard InChI is InChI=1S/C18H25N3O2.2ClH/c1-13(14-7-5-4-6-8-14)21-18(2,3)12-20-17(22)15-9-16(10-19)23-11-15;;/h4-9,11,13,21H,10,12,19H2,1-3H3,(H,20,22);2*1H. The zero-order valence-corrected chi connectivity index (χ0v) is 16.4. The number of hydrogen-bond donors (Lipinski definition) is 3. The number of nitrogens with two attached hydrogens (primary N) is 1. The first-order valence-corrected chi connectivity index (χ1v) is 7.79. The quantitative estimate of drug-likeness (QED) is 0.679. The molecule has 4 N–H and O–H groups in total. The lowest BCUT2D eigenvalue weighted by Crippen LogP contribution is -2.49. The molecular weight excluding hydrogens is 361 g/mol. The van der Waals surface area contributed by atoms with Crippen LogP contribution in [0.3, 0.4) is 0 Å².